The molecular weight excluding hydrogens is 930 g/mol. The Bertz CT molecular complexity index is 3240. The van der Waals surface area contributed by atoms with Gasteiger partial charge in [-0.3, -0.25) is 23.7 Å². The molecule has 0 amide bonds. The summed E-state index contributed by atoms with van der Waals surface area (Å²) in [5.74, 6) is 1.09. The van der Waals surface area contributed by atoms with Crippen molar-refractivity contribution in [2.24, 2.45) is 18.9 Å². The fraction of sp³-hybridized carbons (Fsp3) is 0.373. The number of aryl methyl sites for hydroxylation is 1. The molecule has 0 atom stereocenters. The average Bonchev–Trinajstić information content (AvgIpc) is 3.78. The first-order valence-electron chi connectivity index (χ1n) is 22.7. The van der Waals surface area contributed by atoms with Gasteiger partial charge < -0.3 is 25.0 Å². The van der Waals surface area contributed by atoms with Gasteiger partial charge in [-0.2, -0.15) is 0 Å². The third-order valence-electron chi connectivity index (χ3n) is 13.8. The topological polar surface area (TPSA) is 137 Å². The van der Waals surface area contributed by atoms with Crippen molar-refractivity contribution in [3.05, 3.63) is 114 Å². The summed E-state index contributed by atoms with van der Waals surface area (Å²) in [5, 5.41) is 22.5. The van der Waals surface area contributed by atoms with E-state index in [0.717, 1.165) is 131 Å². The molecule has 0 spiro atoms. The molecular formula is C51H54Cl4N8O4. The monoisotopic (exact) mass is 982 g/mol. The number of hydrogen-bond donors (Lipinski definition) is 3. The lowest BCUT2D eigenvalue weighted by molar-refractivity contribution is 0.224. The number of aromatic hydroxyl groups is 2. The van der Waals surface area contributed by atoms with Gasteiger partial charge in [0.15, 0.2) is 11.5 Å². The van der Waals surface area contributed by atoms with E-state index in [4.69, 9.17) is 46.4 Å². The SMILES string of the molecule is CN(C)CC1CCC(n2c(=O)[nH]c3cnc4ccc(-c5cc(Cl)c(O)c(Cl)c5)cc4c32)CC1.CN(C)CC1CCC(n2c(=O)n(C)c3cnc4ccc(-c5cc(Cl)c(O)c(Cl)c5)cc4c32)CC1. The summed E-state index contributed by atoms with van der Waals surface area (Å²) in [5.41, 5.74) is 8.29. The van der Waals surface area contributed by atoms with Gasteiger partial charge in [0.05, 0.1) is 65.6 Å². The quantitative estimate of drug-likeness (QED) is 0.137. The van der Waals surface area contributed by atoms with E-state index in [2.05, 4.69) is 52.9 Å². The molecule has 4 aromatic heterocycles. The van der Waals surface area contributed by atoms with Gasteiger partial charge in [0.2, 0.25) is 0 Å². The van der Waals surface area contributed by atoms with Crippen LogP contribution < -0.4 is 11.4 Å². The second-order valence-corrected chi connectivity index (χ2v) is 20.6. The van der Waals surface area contributed by atoms with Crippen LogP contribution in [0.3, 0.4) is 0 Å². The predicted molar refractivity (Wildman–Crippen MR) is 274 cm³/mol. The lowest BCUT2D eigenvalue weighted by atomic mass is 9.85. The minimum absolute atomic E-state index is 0.00137. The van der Waals surface area contributed by atoms with Gasteiger partial charge in [-0.15, -0.1) is 0 Å². The van der Waals surface area contributed by atoms with E-state index < -0.39 is 0 Å². The molecule has 10 rings (SSSR count). The molecule has 2 saturated carbocycles. The molecule has 4 aromatic carbocycles. The maximum absolute atomic E-state index is 13.4. The average molecular weight is 985 g/mol. The zero-order valence-corrected chi connectivity index (χ0v) is 41.2. The van der Waals surface area contributed by atoms with E-state index in [1.165, 1.54) is 0 Å². The Kier molecular flexibility index (Phi) is 13.4. The van der Waals surface area contributed by atoms with Crippen molar-refractivity contribution < 1.29 is 10.2 Å². The number of aromatic amines is 1. The molecule has 3 N–H and O–H groups in total. The lowest BCUT2D eigenvalue weighted by Gasteiger charge is -2.31. The fourth-order valence-corrected chi connectivity index (χ4v) is 11.5. The number of benzene rings is 4. The number of pyridine rings is 2. The highest BCUT2D eigenvalue weighted by Gasteiger charge is 2.29. The van der Waals surface area contributed by atoms with Crippen LogP contribution in [0.25, 0.3) is 66.1 Å². The number of phenols is 2. The Morgan fingerprint density at radius 2 is 1.03 bits per heavy atom. The molecule has 2 aliphatic carbocycles. The van der Waals surface area contributed by atoms with Crippen LogP contribution in [0, 0.1) is 11.8 Å². The summed E-state index contributed by atoms with van der Waals surface area (Å²) in [6, 6.07) is 19.0. The molecule has 0 aliphatic heterocycles. The first-order valence-corrected chi connectivity index (χ1v) is 24.3. The molecule has 2 aliphatic rings. The smallest absolute Gasteiger partial charge is 0.329 e. The molecule has 0 bridgehead atoms. The standard InChI is InChI=1S/C26H28Cl2N4O2.C25H26Cl2N4O2/c1-30(2)14-15-4-7-18(8-5-15)32-24-19-10-16(17-11-20(27)25(33)21(28)12-17)6-9-22(19)29-13-23(24)31(3)26(32)34;1-30(2)13-14-3-6-17(7-4-14)31-23-18-9-15(16-10-19(26)24(32)20(27)11-16)5-8-21(18)28-12-22(23)29-25(31)33/h6,9-13,15,18,33H,4-5,7-8,14H2,1-3H3;5,8-12,14,17,32H,3-4,6-7,13H2,1-2H3,(H,29,33). The van der Waals surface area contributed by atoms with Gasteiger partial charge in [0.1, 0.15) is 0 Å². The van der Waals surface area contributed by atoms with E-state index in [1.54, 1.807) is 41.2 Å². The molecule has 4 heterocycles. The highest BCUT2D eigenvalue weighted by molar-refractivity contribution is 6.38. The fourth-order valence-electron chi connectivity index (χ4n) is 10.5. The van der Waals surface area contributed by atoms with Gasteiger partial charge in [0.25, 0.3) is 0 Å². The summed E-state index contributed by atoms with van der Waals surface area (Å²) in [6.45, 7) is 2.18. The van der Waals surface area contributed by atoms with Gasteiger partial charge in [-0.25, -0.2) is 9.59 Å². The summed E-state index contributed by atoms with van der Waals surface area (Å²) in [7, 11) is 10.3. The third kappa shape index (κ3) is 9.29. The molecule has 0 saturated heterocycles. The summed E-state index contributed by atoms with van der Waals surface area (Å²) >= 11 is 24.7. The van der Waals surface area contributed by atoms with E-state index in [9.17, 15) is 19.8 Å². The number of rotatable bonds is 8. The minimum Gasteiger partial charge on any atom is -0.505 e. The van der Waals surface area contributed by atoms with Crippen molar-refractivity contribution in [3.8, 4) is 33.8 Å². The molecule has 350 valence electrons. The van der Waals surface area contributed by atoms with Crippen LogP contribution in [0.1, 0.15) is 63.5 Å². The van der Waals surface area contributed by atoms with E-state index in [-0.39, 0.29) is 55.1 Å². The van der Waals surface area contributed by atoms with Gasteiger partial charge in [-0.05, 0) is 162 Å². The lowest BCUT2D eigenvalue weighted by Crippen LogP contribution is -2.31. The van der Waals surface area contributed by atoms with Gasteiger partial charge in [0, 0.05) is 43.0 Å². The van der Waals surface area contributed by atoms with E-state index in [0.29, 0.717) is 11.8 Å². The number of aromatic nitrogens is 6. The van der Waals surface area contributed by atoms with Crippen LogP contribution >= 0.6 is 46.4 Å². The number of phenolic OH excluding ortho intramolecular Hbond substituents is 2. The van der Waals surface area contributed by atoms with Crippen molar-refractivity contribution in [2.75, 3.05) is 41.3 Å². The summed E-state index contributed by atoms with van der Waals surface area (Å²) < 4.78 is 5.63. The molecule has 16 heteroatoms. The molecule has 67 heavy (non-hydrogen) atoms. The second-order valence-electron chi connectivity index (χ2n) is 18.9. The maximum atomic E-state index is 13.4. The molecule has 12 nitrogen and oxygen atoms in total. The van der Waals surface area contributed by atoms with Crippen molar-refractivity contribution in [1.29, 1.82) is 0 Å². The molecule has 8 aromatic rings. The van der Waals surface area contributed by atoms with Gasteiger partial charge in [-0.1, -0.05) is 58.5 Å². The molecule has 0 unspecified atom stereocenters. The van der Waals surface area contributed by atoms with Crippen LogP contribution in [-0.4, -0.2) is 89.9 Å². The minimum atomic E-state index is -0.128. The van der Waals surface area contributed by atoms with Crippen molar-refractivity contribution >= 4 is 90.3 Å². The van der Waals surface area contributed by atoms with Crippen LogP contribution in [0.2, 0.25) is 20.1 Å². The Morgan fingerprint density at radius 3 is 1.49 bits per heavy atom. The predicted octanol–water partition coefficient (Wildman–Crippen LogP) is 11.7. The first-order chi connectivity index (χ1) is 32.1. The Labute approximate surface area is 408 Å². The van der Waals surface area contributed by atoms with Crippen LogP contribution in [0.5, 0.6) is 11.5 Å². The number of imidazole rings is 2. The molecule has 0 radical (unpaired) electrons. The zero-order valence-electron chi connectivity index (χ0n) is 38.2. The number of nitrogens with zero attached hydrogens (tertiary/aromatic N) is 7. The largest absolute Gasteiger partial charge is 0.505 e. The van der Waals surface area contributed by atoms with Crippen LogP contribution in [-0.2, 0) is 7.05 Å². The number of fused-ring (bicyclic) bond motifs is 6. The highest BCUT2D eigenvalue weighted by Crippen LogP contribution is 2.41. The maximum Gasteiger partial charge on any atom is 0.329 e. The van der Waals surface area contributed by atoms with Crippen LogP contribution in [0.15, 0.2) is 82.6 Å². The summed E-state index contributed by atoms with van der Waals surface area (Å²) in [6.07, 6.45) is 11.9. The number of hydrogen-bond acceptors (Lipinski definition) is 8. The van der Waals surface area contributed by atoms with Gasteiger partial charge >= 0.3 is 11.4 Å². The number of H-pyrrole nitrogens is 1. The Hall–Kier alpha value is -5.08. The normalized spacial score (nSPS) is 19.0. The van der Waals surface area contributed by atoms with E-state index in [1.807, 2.05) is 52.6 Å². The van der Waals surface area contributed by atoms with Crippen molar-refractivity contribution in [1.82, 2.24) is 38.5 Å². The molecule has 2 fully saturated rings. The summed E-state index contributed by atoms with van der Waals surface area (Å²) in [4.78, 5) is 43.1. The zero-order chi connectivity index (χ0) is 47.4. The number of nitrogens with one attached hydrogen (secondary N) is 1. The Morgan fingerprint density at radius 1 is 0.597 bits per heavy atom. The highest BCUT2D eigenvalue weighted by atomic mass is 35.5. The van der Waals surface area contributed by atoms with E-state index >= 15 is 0 Å². The van der Waals surface area contributed by atoms with Crippen molar-refractivity contribution in [2.45, 2.75) is 63.5 Å². The third-order valence-corrected chi connectivity index (χ3v) is 14.9. The second kappa shape index (κ2) is 19.1. The van der Waals surface area contributed by atoms with Crippen molar-refractivity contribution in [3.63, 3.8) is 0 Å². The number of halogens is 4. The van der Waals surface area contributed by atoms with Crippen LogP contribution in [0.4, 0.5) is 0 Å². The first kappa shape index (κ1) is 47.0. The Balaban J connectivity index is 0.000000168.